The first kappa shape index (κ1) is 61.7. The van der Waals surface area contributed by atoms with E-state index in [2.05, 4.69) is 10.6 Å². The van der Waals surface area contributed by atoms with Gasteiger partial charge in [-0.2, -0.15) is 0 Å². The first-order valence-electron chi connectivity index (χ1n) is 19.2. The van der Waals surface area contributed by atoms with E-state index in [1.54, 1.807) is 0 Å². The third kappa shape index (κ3) is 17.2. The summed E-state index contributed by atoms with van der Waals surface area (Å²) in [6.07, 6.45) is -4.96. The van der Waals surface area contributed by atoms with Gasteiger partial charge < -0.3 is 75.8 Å². The number of nitrogens with one attached hydrogen (secondary N) is 2. The summed E-state index contributed by atoms with van der Waals surface area (Å²) in [6, 6.07) is 0. The minimum atomic E-state index is -1.24. The molecule has 0 heterocycles. The van der Waals surface area contributed by atoms with E-state index in [-0.39, 0.29) is 92.2 Å². The summed E-state index contributed by atoms with van der Waals surface area (Å²) in [4.78, 5) is 86.2. The minimum Gasteiger partial charge on any atom is -0.394 e. The molecule has 10 N–H and O–H groups in total. The van der Waals surface area contributed by atoms with Crippen molar-refractivity contribution in [3.8, 4) is 0 Å². The molecule has 2 aromatic rings. The fourth-order valence-corrected chi connectivity index (χ4v) is 15.0. The molecule has 0 fully saturated rings. The molecule has 0 aliphatic rings. The second kappa shape index (κ2) is 29.8. The van der Waals surface area contributed by atoms with Gasteiger partial charge in [-0.15, -0.1) is 11.8 Å². The molecule has 2 rings (SSSR count). The fourth-order valence-electron chi connectivity index (χ4n) is 5.69. The lowest BCUT2D eigenvalue weighted by Gasteiger charge is -2.26. The molecule has 0 saturated carbocycles. The number of thioether (sulfide) groups is 1. The maximum absolute atomic E-state index is 13.7. The molecule has 6 amide bonds. The monoisotopic (exact) mass is 1620 g/mol. The van der Waals surface area contributed by atoms with Gasteiger partial charge in [-0.3, -0.25) is 28.8 Å². The van der Waals surface area contributed by atoms with Crippen molar-refractivity contribution in [3.63, 3.8) is 0 Å². The van der Waals surface area contributed by atoms with Crippen LogP contribution in [0, 0.1) is 21.4 Å². The molecular formula is C38H50I6N6O15S. The predicted octanol–water partition coefficient (Wildman–Crippen LogP) is 0.342. The highest BCUT2D eigenvalue weighted by Gasteiger charge is 2.34. The average Bonchev–Trinajstić information content (AvgIpc) is 3.26. The number of anilines is 2. The number of carbonyl (C=O) groups is 6. The van der Waals surface area contributed by atoms with Crippen molar-refractivity contribution in [2.45, 2.75) is 24.4 Å². The molecule has 0 aromatic heterocycles. The Labute approximate surface area is 466 Å². The second-order valence-corrected chi connectivity index (χ2v) is 22.0. The molecule has 2 aromatic carbocycles. The van der Waals surface area contributed by atoms with Crippen LogP contribution in [0.3, 0.4) is 0 Å². The zero-order valence-corrected chi connectivity index (χ0v) is 49.5. The average molecular weight is 1620 g/mol. The zero-order chi connectivity index (χ0) is 50.3. The molecule has 28 heteroatoms. The van der Waals surface area contributed by atoms with Gasteiger partial charge in [0.25, 0.3) is 23.6 Å². The maximum Gasteiger partial charge on any atom is 0.255 e. The molecule has 0 spiro atoms. The van der Waals surface area contributed by atoms with E-state index in [1.165, 1.54) is 38.0 Å². The Balaban J connectivity index is 2.29. The lowest BCUT2D eigenvalue weighted by atomic mass is 10.1. The van der Waals surface area contributed by atoms with Crippen molar-refractivity contribution in [1.82, 2.24) is 19.6 Å². The van der Waals surface area contributed by atoms with E-state index in [9.17, 15) is 69.6 Å². The number of likely N-dealkylation sites (N-methyl/N-ethyl adjacent to an activating group) is 4. The first-order valence-corrected chi connectivity index (χ1v) is 26.9. The van der Waals surface area contributed by atoms with Crippen LogP contribution >= 0.6 is 147 Å². The number of carbonyl (C=O) groups excluding carboxylic acids is 6. The molecule has 66 heavy (non-hydrogen) atoms. The van der Waals surface area contributed by atoms with Crippen LogP contribution in [0.2, 0.25) is 0 Å². The molecule has 0 aliphatic carbocycles. The topological polar surface area (TPSA) is 311 Å². The molecule has 0 bridgehead atoms. The van der Waals surface area contributed by atoms with Crippen molar-refractivity contribution in [2.75, 3.05) is 116 Å². The number of aliphatic hydroxyl groups is 8. The van der Waals surface area contributed by atoms with Gasteiger partial charge in [-0.05, 0) is 136 Å². The largest absolute Gasteiger partial charge is 0.394 e. The summed E-state index contributed by atoms with van der Waals surface area (Å²) in [5, 5.41) is 82.9. The Morgan fingerprint density at radius 3 is 1.05 bits per heavy atom. The van der Waals surface area contributed by atoms with E-state index in [1.807, 2.05) is 136 Å². The number of amides is 6. The maximum atomic E-state index is 13.7. The number of ether oxygens (including phenoxy) is 1. The Hall–Kier alpha value is -0.370. The quantitative estimate of drug-likeness (QED) is 0.0474. The first-order chi connectivity index (χ1) is 30.9. The standard InChI is InChI=1S/C38H50I6N6O15S/c1-47(7-17(55)11-51)35(61)23-27(39)24(36(62)48(2)8-18(56)12-52)30(42)33(29(23)41)45-21(59)15-65-5-6-66-16-22(60)46-34-31(43)25(37(63)49(3)9-19(57)13-53)28(40)26(32(34)44)38(64)50(4)10-20(58)14-54/h17-20,51-58H,5-16H2,1-4H3,(H,45,59)(H,46,60). The molecule has 4 unspecified atom stereocenters. The number of hydrogen-bond donors (Lipinski definition) is 10. The van der Waals surface area contributed by atoms with Crippen LogP contribution in [-0.4, -0.2) is 226 Å². The Morgan fingerprint density at radius 2 is 0.773 bits per heavy atom. The number of rotatable bonds is 25. The Bertz CT molecular complexity index is 1840. The third-order valence-electron chi connectivity index (χ3n) is 9.02. The van der Waals surface area contributed by atoms with Crippen LogP contribution in [0.4, 0.5) is 11.4 Å². The highest BCUT2D eigenvalue weighted by atomic mass is 127. The summed E-state index contributed by atoms with van der Waals surface area (Å²) in [6.45, 7) is -3.82. The molecular weight excluding hydrogens is 1570 g/mol. The van der Waals surface area contributed by atoms with Crippen LogP contribution in [-0.2, 0) is 14.3 Å². The van der Waals surface area contributed by atoms with Gasteiger partial charge in [0.1, 0.15) is 6.61 Å². The van der Waals surface area contributed by atoms with E-state index in [0.29, 0.717) is 7.14 Å². The Morgan fingerprint density at radius 1 is 0.500 bits per heavy atom. The van der Waals surface area contributed by atoms with Crippen molar-refractivity contribution in [2.24, 2.45) is 0 Å². The highest BCUT2D eigenvalue weighted by Crippen LogP contribution is 2.38. The summed E-state index contributed by atoms with van der Waals surface area (Å²) in [5.41, 5.74) is 0.444. The normalized spacial score (nSPS) is 13.1. The predicted molar refractivity (Wildman–Crippen MR) is 295 cm³/mol. The highest BCUT2D eigenvalue weighted by molar-refractivity contribution is 14.1. The van der Waals surface area contributed by atoms with Crippen LogP contribution in [0.25, 0.3) is 0 Å². The molecule has 0 radical (unpaired) electrons. The fraction of sp³-hybridized carbons (Fsp3) is 0.526. The van der Waals surface area contributed by atoms with Gasteiger partial charge in [0.2, 0.25) is 11.8 Å². The number of hydrogen-bond acceptors (Lipinski definition) is 16. The zero-order valence-electron chi connectivity index (χ0n) is 35.7. The summed E-state index contributed by atoms with van der Waals surface area (Å²) >= 11 is 12.3. The van der Waals surface area contributed by atoms with Crippen molar-refractivity contribution < 1.29 is 74.4 Å². The molecule has 0 aliphatic heterocycles. The van der Waals surface area contributed by atoms with Crippen molar-refractivity contribution in [1.29, 1.82) is 0 Å². The van der Waals surface area contributed by atoms with E-state index < -0.39 is 92.9 Å². The lowest BCUT2D eigenvalue weighted by Crippen LogP contribution is -2.39. The number of benzene rings is 2. The van der Waals surface area contributed by atoms with Crippen molar-refractivity contribution >= 4 is 194 Å². The van der Waals surface area contributed by atoms with E-state index >= 15 is 0 Å². The molecule has 4 atom stereocenters. The Kier molecular flexibility index (Phi) is 27.9. The smallest absolute Gasteiger partial charge is 0.255 e. The minimum absolute atomic E-state index is 0.00359. The van der Waals surface area contributed by atoms with Gasteiger partial charge >= 0.3 is 0 Å². The van der Waals surface area contributed by atoms with Gasteiger partial charge in [0, 0.05) is 67.3 Å². The summed E-state index contributed by atoms with van der Waals surface area (Å²) in [5.74, 6) is -3.49. The second-order valence-electron chi connectivity index (χ2n) is 14.4. The summed E-state index contributed by atoms with van der Waals surface area (Å²) < 4.78 is 7.18. The van der Waals surface area contributed by atoms with Crippen LogP contribution in [0.1, 0.15) is 41.4 Å². The van der Waals surface area contributed by atoms with Crippen LogP contribution < -0.4 is 10.6 Å². The molecule has 0 saturated heterocycles. The van der Waals surface area contributed by atoms with Gasteiger partial charge in [-0.25, -0.2) is 0 Å². The molecule has 370 valence electrons. The number of halogens is 6. The van der Waals surface area contributed by atoms with Crippen LogP contribution in [0.5, 0.6) is 0 Å². The number of nitrogens with zero attached hydrogens (tertiary/aromatic N) is 4. The van der Waals surface area contributed by atoms with Gasteiger partial charge in [0.05, 0.1) is 111 Å². The van der Waals surface area contributed by atoms with Gasteiger partial charge in [-0.1, -0.05) is 0 Å². The third-order valence-corrected chi connectivity index (χ3v) is 16.4. The van der Waals surface area contributed by atoms with E-state index in [4.69, 9.17) is 4.74 Å². The van der Waals surface area contributed by atoms with Crippen molar-refractivity contribution in [3.05, 3.63) is 43.7 Å². The van der Waals surface area contributed by atoms with Gasteiger partial charge in [0.15, 0.2) is 0 Å². The van der Waals surface area contributed by atoms with Crippen LogP contribution in [0.15, 0.2) is 0 Å². The summed E-state index contributed by atoms with van der Waals surface area (Å²) in [7, 11) is 5.61. The van der Waals surface area contributed by atoms with E-state index in [0.717, 1.165) is 21.6 Å². The number of aliphatic hydroxyl groups excluding tert-OH is 8. The SMILES string of the molecule is CN(CC(O)CO)C(=O)c1c(I)c(NC(=O)COCCSCC(=O)Nc2c(I)c(C(=O)N(C)CC(O)CO)c(I)c(C(=O)N(C)CC(O)CO)c2I)c(I)c(C(=O)N(C)CC(O)CO)c1I. The molecule has 21 nitrogen and oxygen atoms in total. The lowest BCUT2D eigenvalue weighted by molar-refractivity contribution is -0.120.